The molecule has 1 atom stereocenters. The van der Waals surface area contributed by atoms with Gasteiger partial charge in [0, 0.05) is 32.7 Å². The first-order chi connectivity index (χ1) is 8.26. The molecule has 1 rings (SSSR count). The van der Waals surface area contributed by atoms with Crippen LogP contribution in [0.1, 0.15) is 26.2 Å². The summed E-state index contributed by atoms with van der Waals surface area (Å²) in [5, 5.41) is 11.5. The molecule has 0 aliphatic carbocycles. The average Bonchev–Trinajstić information content (AvgIpc) is 2.37. The molecule has 1 fully saturated rings. The standard InChI is InChI=1S/C12H24N2O3/c1-2-14-6-8-17-11(10-14)9-13-12(16)5-3-4-7-15/h11,15H,2-10H2,1H3,(H,13,16). The molecular weight excluding hydrogens is 220 g/mol. The number of morpholine rings is 1. The van der Waals surface area contributed by atoms with E-state index in [-0.39, 0.29) is 18.6 Å². The summed E-state index contributed by atoms with van der Waals surface area (Å²) in [6.45, 7) is 6.54. The first-order valence-corrected chi connectivity index (χ1v) is 6.47. The zero-order chi connectivity index (χ0) is 12.5. The molecule has 1 saturated heterocycles. The Labute approximate surface area is 103 Å². The minimum absolute atomic E-state index is 0.0515. The van der Waals surface area contributed by atoms with Crippen molar-refractivity contribution >= 4 is 5.91 Å². The number of carbonyl (C=O) groups is 1. The number of nitrogens with one attached hydrogen (secondary N) is 1. The Bertz CT molecular complexity index is 224. The van der Waals surface area contributed by atoms with Gasteiger partial charge >= 0.3 is 0 Å². The Morgan fingerprint density at radius 1 is 1.53 bits per heavy atom. The third-order valence-electron chi connectivity index (χ3n) is 3.01. The highest BCUT2D eigenvalue weighted by atomic mass is 16.5. The van der Waals surface area contributed by atoms with Crippen LogP contribution in [0.5, 0.6) is 0 Å². The maximum atomic E-state index is 11.4. The number of nitrogens with zero attached hydrogens (tertiary/aromatic N) is 1. The van der Waals surface area contributed by atoms with E-state index in [0.29, 0.717) is 19.4 Å². The van der Waals surface area contributed by atoms with Crippen molar-refractivity contribution in [3.63, 3.8) is 0 Å². The van der Waals surface area contributed by atoms with E-state index in [4.69, 9.17) is 9.84 Å². The van der Waals surface area contributed by atoms with Crippen LogP contribution in [0.15, 0.2) is 0 Å². The lowest BCUT2D eigenvalue weighted by molar-refractivity contribution is -0.122. The van der Waals surface area contributed by atoms with Crippen LogP contribution in [0.3, 0.4) is 0 Å². The van der Waals surface area contributed by atoms with Crippen LogP contribution in [0, 0.1) is 0 Å². The molecule has 2 N–H and O–H groups in total. The molecule has 0 saturated carbocycles. The summed E-state index contributed by atoms with van der Waals surface area (Å²) in [6.07, 6.45) is 2.04. The summed E-state index contributed by atoms with van der Waals surface area (Å²) in [5.41, 5.74) is 0. The lowest BCUT2D eigenvalue weighted by Crippen LogP contribution is -2.47. The maximum Gasteiger partial charge on any atom is 0.220 e. The van der Waals surface area contributed by atoms with E-state index in [9.17, 15) is 4.79 Å². The van der Waals surface area contributed by atoms with Gasteiger partial charge in [0.1, 0.15) is 0 Å². The number of aliphatic hydroxyl groups excluding tert-OH is 1. The van der Waals surface area contributed by atoms with E-state index >= 15 is 0 Å². The molecule has 17 heavy (non-hydrogen) atoms. The van der Waals surface area contributed by atoms with Gasteiger partial charge in [0.15, 0.2) is 0 Å². The van der Waals surface area contributed by atoms with Crippen molar-refractivity contribution in [1.29, 1.82) is 0 Å². The molecule has 0 spiro atoms. The first kappa shape index (κ1) is 14.4. The zero-order valence-electron chi connectivity index (χ0n) is 10.7. The molecule has 100 valence electrons. The summed E-state index contributed by atoms with van der Waals surface area (Å²) in [5.74, 6) is 0.0515. The molecule has 5 heteroatoms. The van der Waals surface area contributed by atoms with Gasteiger partial charge in [0.25, 0.3) is 0 Å². The second kappa shape index (κ2) is 8.44. The van der Waals surface area contributed by atoms with Gasteiger partial charge in [-0.05, 0) is 19.4 Å². The summed E-state index contributed by atoms with van der Waals surface area (Å²) in [4.78, 5) is 13.8. The monoisotopic (exact) mass is 244 g/mol. The van der Waals surface area contributed by atoms with Crippen molar-refractivity contribution in [2.24, 2.45) is 0 Å². The molecule has 0 bridgehead atoms. The van der Waals surface area contributed by atoms with Crippen LogP contribution in [-0.2, 0) is 9.53 Å². The van der Waals surface area contributed by atoms with E-state index in [2.05, 4.69) is 17.1 Å². The first-order valence-electron chi connectivity index (χ1n) is 6.47. The molecule has 1 unspecified atom stereocenters. The third-order valence-corrected chi connectivity index (χ3v) is 3.01. The SMILES string of the molecule is CCN1CCOC(CNC(=O)CCCCO)C1. The summed E-state index contributed by atoms with van der Waals surface area (Å²) in [7, 11) is 0. The summed E-state index contributed by atoms with van der Waals surface area (Å²) < 4.78 is 5.59. The lowest BCUT2D eigenvalue weighted by atomic mass is 10.2. The quantitative estimate of drug-likeness (QED) is 0.618. The van der Waals surface area contributed by atoms with Gasteiger partial charge in [-0.25, -0.2) is 0 Å². The Balaban J connectivity index is 2.10. The second-order valence-corrected chi connectivity index (χ2v) is 4.37. The number of likely N-dealkylation sites (N-methyl/N-ethyl adjacent to an activating group) is 1. The number of rotatable bonds is 7. The topological polar surface area (TPSA) is 61.8 Å². The number of hydrogen-bond acceptors (Lipinski definition) is 4. The molecule has 0 radical (unpaired) electrons. The van der Waals surface area contributed by atoms with E-state index in [1.165, 1.54) is 0 Å². The molecule has 1 aliphatic rings. The van der Waals surface area contributed by atoms with Gasteiger partial charge in [0.2, 0.25) is 5.91 Å². The second-order valence-electron chi connectivity index (χ2n) is 4.37. The van der Waals surface area contributed by atoms with E-state index < -0.39 is 0 Å². The van der Waals surface area contributed by atoms with Crippen LogP contribution < -0.4 is 5.32 Å². The van der Waals surface area contributed by atoms with Crippen molar-refractivity contribution in [2.75, 3.05) is 39.4 Å². The molecule has 0 aromatic heterocycles. The van der Waals surface area contributed by atoms with Gasteiger partial charge < -0.3 is 15.2 Å². The molecule has 1 amide bonds. The van der Waals surface area contributed by atoms with Crippen molar-refractivity contribution in [3.05, 3.63) is 0 Å². The fraction of sp³-hybridized carbons (Fsp3) is 0.917. The minimum Gasteiger partial charge on any atom is -0.396 e. The highest BCUT2D eigenvalue weighted by Gasteiger charge is 2.19. The van der Waals surface area contributed by atoms with Crippen LogP contribution in [0.4, 0.5) is 0 Å². The molecular formula is C12H24N2O3. The smallest absolute Gasteiger partial charge is 0.220 e. The third kappa shape index (κ3) is 6.00. The predicted molar refractivity (Wildman–Crippen MR) is 65.8 cm³/mol. The highest BCUT2D eigenvalue weighted by molar-refractivity contribution is 5.75. The Morgan fingerprint density at radius 3 is 3.06 bits per heavy atom. The van der Waals surface area contributed by atoms with Crippen molar-refractivity contribution in [2.45, 2.75) is 32.3 Å². The number of unbranched alkanes of at least 4 members (excludes halogenated alkanes) is 1. The molecule has 0 aromatic carbocycles. The minimum atomic E-state index is 0.0515. The fourth-order valence-corrected chi connectivity index (χ4v) is 1.90. The lowest BCUT2D eigenvalue weighted by Gasteiger charge is -2.32. The highest BCUT2D eigenvalue weighted by Crippen LogP contribution is 2.04. The molecule has 1 aliphatic heterocycles. The van der Waals surface area contributed by atoms with Gasteiger partial charge in [-0.15, -0.1) is 0 Å². The largest absolute Gasteiger partial charge is 0.396 e. The van der Waals surface area contributed by atoms with Crippen LogP contribution in [0.2, 0.25) is 0 Å². The van der Waals surface area contributed by atoms with Crippen LogP contribution in [-0.4, -0.2) is 61.4 Å². The Morgan fingerprint density at radius 2 is 2.35 bits per heavy atom. The normalized spacial score (nSPS) is 21.4. The maximum absolute atomic E-state index is 11.4. The van der Waals surface area contributed by atoms with E-state index in [1.807, 2.05) is 0 Å². The summed E-state index contributed by atoms with van der Waals surface area (Å²) >= 11 is 0. The number of aliphatic hydroxyl groups is 1. The molecule has 5 nitrogen and oxygen atoms in total. The van der Waals surface area contributed by atoms with E-state index in [1.54, 1.807) is 0 Å². The van der Waals surface area contributed by atoms with Crippen LogP contribution >= 0.6 is 0 Å². The Kier molecular flexibility index (Phi) is 7.16. The van der Waals surface area contributed by atoms with E-state index in [0.717, 1.165) is 32.7 Å². The van der Waals surface area contributed by atoms with Gasteiger partial charge in [-0.3, -0.25) is 9.69 Å². The van der Waals surface area contributed by atoms with Gasteiger partial charge in [-0.1, -0.05) is 6.92 Å². The number of hydrogen-bond donors (Lipinski definition) is 2. The molecule has 1 heterocycles. The van der Waals surface area contributed by atoms with Crippen molar-refractivity contribution < 1.29 is 14.6 Å². The van der Waals surface area contributed by atoms with Crippen LogP contribution in [0.25, 0.3) is 0 Å². The molecule has 0 aromatic rings. The summed E-state index contributed by atoms with van der Waals surface area (Å²) in [6, 6.07) is 0. The fourth-order valence-electron chi connectivity index (χ4n) is 1.90. The van der Waals surface area contributed by atoms with Crippen molar-refractivity contribution in [1.82, 2.24) is 10.2 Å². The zero-order valence-corrected chi connectivity index (χ0v) is 10.7. The van der Waals surface area contributed by atoms with Gasteiger partial charge in [0.05, 0.1) is 12.7 Å². The number of ether oxygens (including phenoxy) is 1. The number of amides is 1. The Hall–Kier alpha value is -0.650. The van der Waals surface area contributed by atoms with Gasteiger partial charge in [-0.2, -0.15) is 0 Å². The average molecular weight is 244 g/mol. The van der Waals surface area contributed by atoms with Crippen molar-refractivity contribution in [3.8, 4) is 0 Å². The predicted octanol–water partition coefficient (Wildman–Crippen LogP) is -0.0141. The number of carbonyl (C=O) groups excluding carboxylic acids is 1.